The molecule has 6 nitrogen and oxygen atoms in total. The van der Waals surface area contributed by atoms with Crippen LogP contribution in [0.5, 0.6) is 17.2 Å². The van der Waals surface area contributed by atoms with Crippen molar-refractivity contribution in [3.63, 3.8) is 0 Å². The van der Waals surface area contributed by atoms with Gasteiger partial charge in [-0.1, -0.05) is 47.0 Å². The van der Waals surface area contributed by atoms with Gasteiger partial charge in [-0.2, -0.15) is 0 Å². The molecule has 3 aromatic rings. The molecular formula is C28H27ClO6. The summed E-state index contributed by atoms with van der Waals surface area (Å²) in [5, 5.41) is 0.453. The van der Waals surface area contributed by atoms with Gasteiger partial charge in [-0.25, -0.2) is 0 Å². The number of carbonyl (C=O) groups excluding carboxylic acids is 3. The molecule has 182 valence electrons. The van der Waals surface area contributed by atoms with E-state index in [1.807, 2.05) is 38.1 Å². The fraction of sp³-hybridized carbons (Fsp3) is 0.250. The number of benzene rings is 3. The summed E-state index contributed by atoms with van der Waals surface area (Å²) in [7, 11) is 0. The maximum atomic E-state index is 12.0. The van der Waals surface area contributed by atoms with E-state index < -0.39 is 17.9 Å². The van der Waals surface area contributed by atoms with Gasteiger partial charge in [-0.15, -0.1) is 0 Å². The fourth-order valence-electron chi connectivity index (χ4n) is 3.86. The van der Waals surface area contributed by atoms with Crippen LogP contribution in [0.25, 0.3) is 0 Å². The first kappa shape index (κ1) is 26.0. The minimum atomic E-state index is -0.483. The zero-order chi connectivity index (χ0) is 25.7. The predicted molar refractivity (Wildman–Crippen MR) is 133 cm³/mol. The van der Waals surface area contributed by atoms with Crippen molar-refractivity contribution in [3.05, 3.63) is 86.9 Å². The highest BCUT2D eigenvalue weighted by Gasteiger charge is 2.19. The first-order chi connectivity index (χ1) is 16.5. The summed E-state index contributed by atoms with van der Waals surface area (Å²) in [6.07, 6.45) is 0.621. The highest BCUT2D eigenvalue weighted by Crippen LogP contribution is 2.36. The Morgan fingerprint density at radius 3 is 1.40 bits per heavy atom. The molecule has 0 saturated heterocycles. The summed E-state index contributed by atoms with van der Waals surface area (Å²) in [5.74, 6) is -0.126. The zero-order valence-corrected chi connectivity index (χ0v) is 21.1. The van der Waals surface area contributed by atoms with Crippen molar-refractivity contribution in [1.82, 2.24) is 0 Å². The van der Waals surface area contributed by atoms with Crippen LogP contribution in [0.3, 0.4) is 0 Å². The van der Waals surface area contributed by atoms with Crippen molar-refractivity contribution in [3.8, 4) is 17.2 Å². The molecule has 0 aliphatic carbocycles. The van der Waals surface area contributed by atoms with Crippen molar-refractivity contribution in [2.45, 2.75) is 47.5 Å². The van der Waals surface area contributed by atoms with Crippen LogP contribution >= 0.6 is 11.6 Å². The molecule has 3 aromatic carbocycles. The van der Waals surface area contributed by atoms with Gasteiger partial charge in [0.15, 0.2) is 0 Å². The largest absolute Gasteiger partial charge is 0.426 e. The Labute approximate surface area is 209 Å². The summed E-state index contributed by atoms with van der Waals surface area (Å²) in [6, 6.07) is 14.5. The van der Waals surface area contributed by atoms with Crippen molar-refractivity contribution < 1.29 is 28.6 Å². The van der Waals surface area contributed by atoms with Gasteiger partial charge in [0.05, 0.1) is 0 Å². The quantitative estimate of drug-likeness (QED) is 0.300. The molecule has 0 heterocycles. The minimum Gasteiger partial charge on any atom is -0.426 e. The lowest BCUT2D eigenvalue weighted by Gasteiger charge is -2.18. The Kier molecular flexibility index (Phi) is 8.30. The monoisotopic (exact) mass is 494 g/mol. The molecule has 0 aliphatic heterocycles. The molecular weight excluding hydrogens is 468 g/mol. The minimum absolute atomic E-state index is 0.311. The topological polar surface area (TPSA) is 78.9 Å². The SMILES string of the molecule is CC(=O)Oc1ccc(C)cc1Cc1cc(Cl)cc(Cc2cc(C)ccc2OC(C)=O)c1OC(C)=O. The molecule has 0 aromatic heterocycles. The van der Waals surface area contributed by atoms with Crippen molar-refractivity contribution >= 4 is 29.5 Å². The number of aryl methyl sites for hydroxylation is 2. The molecule has 0 amide bonds. The normalized spacial score (nSPS) is 10.6. The number of carbonyl (C=O) groups is 3. The van der Waals surface area contributed by atoms with Gasteiger partial charge in [0.25, 0.3) is 0 Å². The lowest BCUT2D eigenvalue weighted by Crippen LogP contribution is -2.10. The average molecular weight is 495 g/mol. The molecule has 0 N–H and O–H groups in total. The van der Waals surface area contributed by atoms with E-state index in [2.05, 4.69) is 0 Å². The summed E-state index contributed by atoms with van der Waals surface area (Å²) < 4.78 is 16.4. The second kappa shape index (κ2) is 11.2. The Balaban J connectivity index is 2.12. The summed E-state index contributed by atoms with van der Waals surface area (Å²) in [4.78, 5) is 35.3. The average Bonchev–Trinajstić information content (AvgIpc) is 2.73. The summed E-state index contributed by atoms with van der Waals surface area (Å²) in [6.45, 7) is 7.88. The molecule has 7 heteroatoms. The third kappa shape index (κ3) is 7.17. The maximum absolute atomic E-state index is 12.0. The Hall–Kier alpha value is -3.64. The highest BCUT2D eigenvalue weighted by molar-refractivity contribution is 6.30. The molecule has 0 radical (unpaired) electrons. The third-order valence-corrected chi connectivity index (χ3v) is 5.37. The molecule has 0 saturated carbocycles. The number of rotatable bonds is 7. The van der Waals surface area contributed by atoms with Crippen LogP contribution < -0.4 is 14.2 Å². The molecule has 0 atom stereocenters. The molecule has 0 unspecified atom stereocenters. The Morgan fingerprint density at radius 1 is 0.629 bits per heavy atom. The second-order valence-corrected chi connectivity index (χ2v) is 8.85. The van der Waals surface area contributed by atoms with Crippen LogP contribution in [-0.4, -0.2) is 17.9 Å². The molecule has 0 aliphatic rings. The molecule has 0 fully saturated rings. The van der Waals surface area contributed by atoms with Gasteiger partial charge in [-0.05, 0) is 49.2 Å². The van der Waals surface area contributed by atoms with E-state index in [0.717, 1.165) is 22.3 Å². The fourth-order valence-corrected chi connectivity index (χ4v) is 4.12. The summed E-state index contributed by atoms with van der Waals surface area (Å²) in [5.41, 5.74) is 4.78. The van der Waals surface area contributed by atoms with Crippen LogP contribution in [0.15, 0.2) is 48.5 Å². The highest BCUT2D eigenvalue weighted by atomic mass is 35.5. The smallest absolute Gasteiger partial charge is 0.308 e. The lowest BCUT2D eigenvalue weighted by molar-refractivity contribution is -0.132. The molecule has 3 rings (SSSR count). The van der Waals surface area contributed by atoms with Crippen LogP contribution in [0.4, 0.5) is 0 Å². The van der Waals surface area contributed by atoms with Crippen LogP contribution in [0.2, 0.25) is 5.02 Å². The molecule has 0 spiro atoms. The molecule has 35 heavy (non-hydrogen) atoms. The lowest BCUT2D eigenvalue weighted by atomic mass is 9.95. The van der Waals surface area contributed by atoms with Gasteiger partial charge < -0.3 is 14.2 Å². The Morgan fingerprint density at radius 2 is 1.03 bits per heavy atom. The summed E-state index contributed by atoms with van der Waals surface area (Å²) >= 11 is 6.49. The zero-order valence-electron chi connectivity index (χ0n) is 20.4. The van der Waals surface area contributed by atoms with E-state index >= 15 is 0 Å². The number of hydrogen-bond acceptors (Lipinski definition) is 6. The van der Waals surface area contributed by atoms with E-state index in [0.29, 0.717) is 46.2 Å². The number of ether oxygens (including phenoxy) is 3. The van der Waals surface area contributed by atoms with Gasteiger partial charge >= 0.3 is 17.9 Å². The first-order valence-electron chi connectivity index (χ1n) is 11.1. The number of esters is 3. The van der Waals surface area contributed by atoms with Gasteiger partial charge in [0.1, 0.15) is 17.2 Å². The van der Waals surface area contributed by atoms with Crippen LogP contribution in [-0.2, 0) is 27.2 Å². The second-order valence-electron chi connectivity index (χ2n) is 8.41. The van der Waals surface area contributed by atoms with Crippen molar-refractivity contribution in [2.75, 3.05) is 0 Å². The van der Waals surface area contributed by atoms with Gasteiger partial charge in [0, 0.05) is 49.8 Å². The van der Waals surface area contributed by atoms with Crippen LogP contribution in [0.1, 0.15) is 54.2 Å². The number of halogens is 1. The van der Waals surface area contributed by atoms with Gasteiger partial charge in [0.2, 0.25) is 0 Å². The maximum Gasteiger partial charge on any atom is 0.308 e. The van der Waals surface area contributed by atoms with E-state index in [4.69, 9.17) is 25.8 Å². The third-order valence-electron chi connectivity index (χ3n) is 5.15. The predicted octanol–water partition coefficient (Wildman–Crippen LogP) is 5.91. The van der Waals surface area contributed by atoms with Crippen molar-refractivity contribution in [2.24, 2.45) is 0 Å². The van der Waals surface area contributed by atoms with E-state index in [-0.39, 0.29) is 0 Å². The first-order valence-corrected chi connectivity index (χ1v) is 11.4. The van der Waals surface area contributed by atoms with E-state index in [9.17, 15) is 14.4 Å². The molecule has 0 bridgehead atoms. The van der Waals surface area contributed by atoms with E-state index in [1.165, 1.54) is 20.8 Å². The van der Waals surface area contributed by atoms with Crippen LogP contribution in [0, 0.1) is 13.8 Å². The van der Waals surface area contributed by atoms with Gasteiger partial charge in [-0.3, -0.25) is 14.4 Å². The standard InChI is InChI=1S/C28H27ClO6/c1-16-6-8-26(33-18(3)30)21(10-16)12-23-14-25(29)15-24(28(23)35-20(5)32)13-22-11-17(2)7-9-27(22)34-19(4)31/h6-11,14-15H,12-13H2,1-5H3. The van der Waals surface area contributed by atoms with Crippen molar-refractivity contribution in [1.29, 1.82) is 0 Å². The number of hydrogen-bond donors (Lipinski definition) is 0. The Bertz CT molecular complexity index is 1210. The van der Waals surface area contributed by atoms with E-state index in [1.54, 1.807) is 24.3 Å².